The minimum Gasteiger partial charge on any atom is -0.300 e. The highest BCUT2D eigenvalue weighted by molar-refractivity contribution is 9.09. The molecule has 0 saturated heterocycles. The van der Waals surface area contributed by atoms with Gasteiger partial charge in [0.25, 0.3) is 0 Å². The van der Waals surface area contributed by atoms with Gasteiger partial charge in [-0.25, -0.2) is 0 Å². The predicted octanol–water partition coefficient (Wildman–Crippen LogP) is 1.95. The molecule has 0 aliphatic rings. The number of halogens is 2. The summed E-state index contributed by atoms with van der Waals surface area (Å²) in [7, 11) is 0. The van der Waals surface area contributed by atoms with Gasteiger partial charge in [-0.1, -0.05) is 15.9 Å². The van der Waals surface area contributed by atoms with E-state index in [1.165, 1.54) is 6.92 Å². The minimum atomic E-state index is -0.412. The maximum atomic E-state index is 11.8. The molecule has 0 heterocycles. The van der Waals surface area contributed by atoms with Crippen LogP contribution >= 0.6 is 15.9 Å². The van der Waals surface area contributed by atoms with Crippen molar-refractivity contribution in [2.45, 2.75) is 13.3 Å². The summed E-state index contributed by atoms with van der Waals surface area (Å²) in [5.74, 6) is -0.0698. The van der Waals surface area contributed by atoms with Crippen LogP contribution in [0.15, 0.2) is 0 Å². The Morgan fingerprint density at radius 1 is 1.78 bits per heavy atom. The van der Waals surface area contributed by atoms with Gasteiger partial charge in [-0.15, -0.1) is 0 Å². The molecule has 1 nitrogen and oxygen atoms in total. The number of carbonyl (C=O) groups is 1. The van der Waals surface area contributed by atoms with Crippen molar-refractivity contribution >= 4 is 21.7 Å². The summed E-state index contributed by atoms with van der Waals surface area (Å²) in [5, 5.41) is 0.572. The second-order valence-electron chi connectivity index (χ2n) is 2.08. The van der Waals surface area contributed by atoms with Crippen LogP contribution in [0.3, 0.4) is 0 Å². The highest BCUT2D eigenvalue weighted by Crippen LogP contribution is 2.07. The minimum absolute atomic E-state index is 0.0529. The summed E-state index contributed by atoms with van der Waals surface area (Å²) in [6.07, 6.45) is 0.349. The Morgan fingerprint density at radius 2 is 2.33 bits per heavy atom. The van der Waals surface area contributed by atoms with Gasteiger partial charge in [0.05, 0.1) is 6.67 Å². The Bertz CT molecular complexity index is 91.1. The van der Waals surface area contributed by atoms with Gasteiger partial charge in [0.15, 0.2) is 0 Å². The molecule has 0 aliphatic heterocycles. The van der Waals surface area contributed by atoms with Crippen molar-refractivity contribution in [3.05, 3.63) is 0 Å². The zero-order valence-electron chi connectivity index (χ0n) is 5.36. The molecule has 0 bridgehead atoms. The van der Waals surface area contributed by atoms with Crippen LogP contribution in [0, 0.1) is 5.92 Å². The summed E-state index contributed by atoms with van der Waals surface area (Å²) in [4.78, 5) is 10.4. The van der Waals surface area contributed by atoms with Crippen LogP contribution in [0.25, 0.3) is 0 Å². The van der Waals surface area contributed by atoms with Crippen molar-refractivity contribution in [3.63, 3.8) is 0 Å². The quantitative estimate of drug-likeness (QED) is 0.629. The first kappa shape index (κ1) is 9.08. The van der Waals surface area contributed by atoms with Gasteiger partial charge in [0.2, 0.25) is 0 Å². The second kappa shape index (κ2) is 4.91. The van der Waals surface area contributed by atoms with Crippen LogP contribution in [0.5, 0.6) is 0 Å². The predicted molar refractivity (Wildman–Crippen MR) is 38.6 cm³/mol. The van der Waals surface area contributed by atoms with E-state index in [4.69, 9.17) is 0 Å². The number of carbonyl (C=O) groups excluding carboxylic acids is 1. The first-order valence-corrected chi connectivity index (χ1v) is 3.94. The van der Waals surface area contributed by atoms with Crippen LogP contribution in [-0.4, -0.2) is 17.8 Å². The van der Waals surface area contributed by atoms with E-state index < -0.39 is 6.67 Å². The fraction of sp³-hybridized carbons (Fsp3) is 0.833. The molecular formula is C6H10BrFO. The molecule has 0 aromatic heterocycles. The molecule has 0 aromatic carbocycles. The SMILES string of the molecule is CC(=O)C[C@H](CF)CBr. The van der Waals surface area contributed by atoms with Gasteiger partial charge in [-0.05, 0) is 6.92 Å². The molecule has 0 unspecified atom stereocenters. The van der Waals surface area contributed by atoms with Crippen LogP contribution in [0.1, 0.15) is 13.3 Å². The summed E-state index contributed by atoms with van der Waals surface area (Å²) in [6.45, 7) is 1.07. The fourth-order valence-electron chi connectivity index (χ4n) is 0.557. The van der Waals surface area contributed by atoms with Crippen molar-refractivity contribution in [2.75, 3.05) is 12.0 Å². The van der Waals surface area contributed by atoms with Gasteiger partial charge >= 0.3 is 0 Å². The third kappa shape index (κ3) is 4.58. The number of rotatable bonds is 4. The van der Waals surface area contributed by atoms with Crippen molar-refractivity contribution < 1.29 is 9.18 Å². The molecule has 0 N–H and O–H groups in total. The number of ketones is 1. The van der Waals surface area contributed by atoms with Crippen LogP contribution < -0.4 is 0 Å². The van der Waals surface area contributed by atoms with Crippen molar-refractivity contribution in [1.82, 2.24) is 0 Å². The summed E-state index contributed by atoms with van der Waals surface area (Å²) in [5.41, 5.74) is 0. The molecule has 0 saturated carbocycles. The molecule has 0 amide bonds. The maximum Gasteiger partial charge on any atom is 0.130 e. The fourth-order valence-corrected chi connectivity index (χ4v) is 0.959. The van der Waals surface area contributed by atoms with E-state index in [-0.39, 0.29) is 11.7 Å². The first-order valence-electron chi connectivity index (χ1n) is 2.82. The lowest BCUT2D eigenvalue weighted by Gasteiger charge is -2.04. The van der Waals surface area contributed by atoms with E-state index in [0.717, 1.165) is 0 Å². The molecule has 0 radical (unpaired) electrons. The van der Waals surface area contributed by atoms with Crippen LogP contribution in [-0.2, 0) is 4.79 Å². The molecule has 0 rings (SSSR count). The molecule has 0 spiro atoms. The van der Waals surface area contributed by atoms with E-state index in [2.05, 4.69) is 15.9 Å². The number of hydrogen-bond donors (Lipinski definition) is 0. The maximum absolute atomic E-state index is 11.8. The third-order valence-corrected chi connectivity index (χ3v) is 1.93. The lowest BCUT2D eigenvalue weighted by molar-refractivity contribution is -0.117. The second-order valence-corrected chi connectivity index (χ2v) is 2.73. The number of hydrogen-bond acceptors (Lipinski definition) is 1. The van der Waals surface area contributed by atoms with Crippen molar-refractivity contribution in [1.29, 1.82) is 0 Å². The van der Waals surface area contributed by atoms with Crippen molar-refractivity contribution in [2.24, 2.45) is 5.92 Å². The molecule has 0 fully saturated rings. The Balaban J connectivity index is 3.43. The van der Waals surface area contributed by atoms with E-state index in [0.29, 0.717) is 11.8 Å². The molecular weight excluding hydrogens is 187 g/mol. The third-order valence-electron chi connectivity index (χ3n) is 1.01. The van der Waals surface area contributed by atoms with E-state index >= 15 is 0 Å². The summed E-state index contributed by atoms with van der Waals surface area (Å²) >= 11 is 3.11. The average molecular weight is 197 g/mol. The van der Waals surface area contributed by atoms with Gasteiger partial charge < -0.3 is 4.79 Å². The lowest BCUT2D eigenvalue weighted by Crippen LogP contribution is -2.08. The Kier molecular flexibility index (Phi) is 4.96. The Morgan fingerprint density at radius 3 is 2.44 bits per heavy atom. The number of Topliss-reactive ketones (excluding diaryl/α,β-unsaturated/α-hetero) is 1. The van der Waals surface area contributed by atoms with Gasteiger partial charge in [0.1, 0.15) is 5.78 Å². The van der Waals surface area contributed by atoms with Crippen molar-refractivity contribution in [3.8, 4) is 0 Å². The molecule has 0 aromatic rings. The van der Waals surface area contributed by atoms with Gasteiger partial charge in [-0.2, -0.15) is 0 Å². The van der Waals surface area contributed by atoms with Gasteiger partial charge in [-0.3, -0.25) is 4.39 Å². The molecule has 0 aliphatic carbocycles. The Hall–Kier alpha value is 0.0800. The van der Waals surface area contributed by atoms with E-state index in [1.807, 2.05) is 0 Å². The van der Waals surface area contributed by atoms with Crippen LogP contribution in [0.4, 0.5) is 4.39 Å². The molecule has 1 atom stereocenters. The van der Waals surface area contributed by atoms with E-state index in [9.17, 15) is 9.18 Å². The van der Waals surface area contributed by atoms with Crippen LogP contribution in [0.2, 0.25) is 0 Å². The standard InChI is InChI=1S/C6H10BrFO/c1-5(9)2-6(3-7)4-8/h6H,2-4H2,1H3/t6-/m0/s1. The highest BCUT2D eigenvalue weighted by atomic mass is 79.9. The zero-order chi connectivity index (χ0) is 7.28. The Labute approximate surface area is 62.8 Å². The molecule has 9 heavy (non-hydrogen) atoms. The molecule has 3 heteroatoms. The van der Waals surface area contributed by atoms with Gasteiger partial charge in [0, 0.05) is 17.7 Å². The largest absolute Gasteiger partial charge is 0.300 e. The molecule has 54 valence electrons. The average Bonchev–Trinajstić information content (AvgIpc) is 1.82. The lowest BCUT2D eigenvalue weighted by atomic mass is 10.1. The monoisotopic (exact) mass is 196 g/mol. The highest BCUT2D eigenvalue weighted by Gasteiger charge is 2.07. The normalized spacial score (nSPS) is 13.2. The summed E-state index contributed by atoms with van der Waals surface area (Å²) < 4.78 is 11.8. The summed E-state index contributed by atoms with van der Waals surface area (Å²) in [6, 6.07) is 0. The first-order chi connectivity index (χ1) is 4.20. The smallest absolute Gasteiger partial charge is 0.130 e. The van der Waals surface area contributed by atoms with E-state index in [1.54, 1.807) is 0 Å². The number of alkyl halides is 2. The zero-order valence-corrected chi connectivity index (χ0v) is 6.95. The topological polar surface area (TPSA) is 17.1 Å².